The first-order valence-electron chi connectivity index (χ1n) is 10.0. The average molecular weight is 390 g/mol. The van der Waals surface area contributed by atoms with Crippen molar-refractivity contribution in [1.82, 2.24) is 9.80 Å². The molecule has 28 heavy (non-hydrogen) atoms. The molecule has 0 saturated carbocycles. The minimum absolute atomic E-state index is 0.0763. The van der Waals surface area contributed by atoms with E-state index in [0.29, 0.717) is 37.1 Å². The Morgan fingerprint density at radius 2 is 1.93 bits per heavy atom. The van der Waals surface area contributed by atoms with E-state index in [1.807, 2.05) is 0 Å². The lowest BCUT2D eigenvalue weighted by Crippen LogP contribution is -2.45. The number of esters is 1. The first kappa shape index (κ1) is 19.3. The molecule has 4 rings (SSSR count). The summed E-state index contributed by atoms with van der Waals surface area (Å²) in [4.78, 5) is 29.4. The number of hydrogen-bond donors (Lipinski definition) is 0. The number of morpholine rings is 1. The molecule has 0 radical (unpaired) electrons. The molecule has 0 aromatic heterocycles. The summed E-state index contributed by atoms with van der Waals surface area (Å²) >= 11 is 0. The van der Waals surface area contributed by atoms with Gasteiger partial charge in [-0.2, -0.15) is 0 Å². The van der Waals surface area contributed by atoms with Gasteiger partial charge in [0.1, 0.15) is 11.9 Å². The topological polar surface area (TPSA) is 59.1 Å². The van der Waals surface area contributed by atoms with Crippen LogP contribution in [0.5, 0.6) is 0 Å². The van der Waals surface area contributed by atoms with Crippen LogP contribution in [0.4, 0.5) is 4.39 Å². The summed E-state index contributed by atoms with van der Waals surface area (Å²) in [6.45, 7) is 6.66. The van der Waals surface area contributed by atoms with Crippen LogP contribution >= 0.6 is 0 Å². The zero-order valence-corrected chi connectivity index (χ0v) is 16.3. The number of halogens is 1. The highest BCUT2D eigenvalue weighted by Gasteiger charge is 2.51. The smallest absolute Gasteiger partial charge is 0.312 e. The number of carbonyl (C=O) groups is 2. The predicted octanol–water partition coefficient (Wildman–Crippen LogP) is 2.00. The number of carbonyl (C=O) groups excluding carboxylic acids is 2. The number of benzene rings is 1. The monoisotopic (exact) mass is 390 g/mol. The molecule has 1 aromatic carbocycles. The molecular formula is C21H27FN2O4. The SMILES string of the molecule is Cc1cc(C(=O)N2CCC3(CC2)CC(CN2CCOCC2)OC3=O)ccc1F. The van der Waals surface area contributed by atoms with Crippen LogP contribution in [-0.2, 0) is 14.3 Å². The number of piperidine rings is 1. The predicted molar refractivity (Wildman–Crippen MR) is 100 cm³/mol. The highest BCUT2D eigenvalue weighted by molar-refractivity contribution is 5.94. The number of aryl methyl sites for hydroxylation is 1. The number of nitrogens with zero attached hydrogens (tertiary/aromatic N) is 2. The summed E-state index contributed by atoms with van der Waals surface area (Å²) in [6.07, 6.45) is 1.89. The summed E-state index contributed by atoms with van der Waals surface area (Å²) in [5.74, 6) is -0.529. The molecule has 0 bridgehead atoms. The highest BCUT2D eigenvalue weighted by atomic mass is 19.1. The molecule has 0 N–H and O–H groups in total. The van der Waals surface area contributed by atoms with E-state index in [1.54, 1.807) is 17.9 Å². The third-order valence-electron chi connectivity index (χ3n) is 6.30. The van der Waals surface area contributed by atoms with Crippen LogP contribution in [0.1, 0.15) is 35.2 Å². The van der Waals surface area contributed by atoms with E-state index in [0.717, 1.165) is 39.3 Å². The van der Waals surface area contributed by atoms with E-state index in [2.05, 4.69) is 4.90 Å². The van der Waals surface area contributed by atoms with Gasteiger partial charge in [-0.15, -0.1) is 0 Å². The molecule has 152 valence electrons. The van der Waals surface area contributed by atoms with Gasteiger partial charge in [-0.05, 0) is 43.5 Å². The van der Waals surface area contributed by atoms with Crippen LogP contribution in [0, 0.1) is 18.2 Å². The second kappa shape index (κ2) is 7.79. The Morgan fingerprint density at radius 1 is 1.21 bits per heavy atom. The molecule has 3 heterocycles. The molecular weight excluding hydrogens is 363 g/mol. The molecule has 1 atom stereocenters. The molecule has 1 aromatic rings. The molecule has 1 unspecified atom stereocenters. The highest BCUT2D eigenvalue weighted by Crippen LogP contribution is 2.43. The summed E-state index contributed by atoms with van der Waals surface area (Å²) in [6, 6.07) is 4.44. The molecule has 1 spiro atoms. The Morgan fingerprint density at radius 3 is 2.61 bits per heavy atom. The van der Waals surface area contributed by atoms with E-state index in [4.69, 9.17) is 9.47 Å². The standard InChI is InChI=1S/C21H27FN2O4/c1-15-12-16(2-3-18(15)22)19(25)24-6-4-21(5-7-24)13-17(28-20(21)26)14-23-8-10-27-11-9-23/h2-3,12,17H,4-11,13-14H2,1H3. The van der Waals surface area contributed by atoms with E-state index in [1.165, 1.54) is 12.1 Å². The lowest BCUT2D eigenvalue weighted by molar-refractivity contribution is -0.151. The molecule has 1 amide bonds. The number of rotatable bonds is 3. The van der Waals surface area contributed by atoms with Crippen molar-refractivity contribution in [3.63, 3.8) is 0 Å². The molecule has 7 heteroatoms. The zero-order chi connectivity index (χ0) is 19.7. The van der Waals surface area contributed by atoms with Crippen molar-refractivity contribution in [3.05, 3.63) is 35.1 Å². The van der Waals surface area contributed by atoms with Gasteiger partial charge < -0.3 is 14.4 Å². The van der Waals surface area contributed by atoms with Gasteiger partial charge in [0.05, 0.1) is 18.6 Å². The van der Waals surface area contributed by atoms with Crippen LogP contribution in [-0.4, -0.2) is 73.7 Å². The Balaban J connectivity index is 1.35. The van der Waals surface area contributed by atoms with Gasteiger partial charge in [-0.1, -0.05) is 0 Å². The Hall–Kier alpha value is -1.99. The number of hydrogen-bond acceptors (Lipinski definition) is 5. The maximum atomic E-state index is 13.5. The number of likely N-dealkylation sites (tertiary alicyclic amines) is 1. The van der Waals surface area contributed by atoms with Crippen molar-refractivity contribution >= 4 is 11.9 Å². The quantitative estimate of drug-likeness (QED) is 0.739. The van der Waals surface area contributed by atoms with E-state index in [-0.39, 0.29) is 23.8 Å². The van der Waals surface area contributed by atoms with E-state index >= 15 is 0 Å². The van der Waals surface area contributed by atoms with Gasteiger partial charge in [-0.3, -0.25) is 14.5 Å². The lowest BCUT2D eigenvalue weighted by Gasteiger charge is -2.36. The van der Waals surface area contributed by atoms with Crippen LogP contribution in [0.2, 0.25) is 0 Å². The third-order valence-corrected chi connectivity index (χ3v) is 6.30. The first-order chi connectivity index (χ1) is 13.5. The van der Waals surface area contributed by atoms with Crippen molar-refractivity contribution in [2.24, 2.45) is 5.41 Å². The van der Waals surface area contributed by atoms with Crippen molar-refractivity contribution in [2.45, 2.75) is 32.3 Å². The first-order valence-corrected chi connectivity index (χ1v) is 10.0. The van der Waals surface area contributed by atoms with Gasteiger partial charge in [-0.25, -0.2) is 4.39 Å². The summed E-state index contributed by atoms with van der Waals surface area (Å²) in [5, 5.41) is 0. The molecule has 3 saturated heterocycles. The van der Waals surface area contributed by atoms with Crippen LogP contribution in [0.3, 0.4) is 0 Å². The van der Waals surface area contributed by atoms with Crippen molar-refractivity contribution < 1.29 is 23.5 Å². The fourth-order valence-corrected chi connectivity index (χ4v) is 4.52. The van der Waals surface area contributed by atoms with Crippen molar-refractivity contribution in [1.29, 1.82) is 0 Å². The fraction of sp³-hybridized carbons (Fsp3) is 0.619. The maximum Gasteiger partial charge on any atom is 0.312 e. The molecule has 0 aliphatic carbocycles. The largest absolute Gasteiger partial charge is 0.461 e. The van der Waals surface area contributed by atoms with Gasteiger partial charge in [0, 0.05) is 44.7 Å². The van der Waals surface area contributed by atoms with Crippen molar-refractivity contribution in [3.8, 4) is 0 Å². The molecule has 3 aliphatic heterocycles. The fourth-order valence-electron chi connectivity index (χ4n) is 4.52. The van der Waals surface area contributed by atoms with Crippen LogP contribution in [0.15, 0.2) is 18.2 Å². The second-order valence-electron chi connectivity index (χ2n) is 8.18. The summed E-state index contributed by atoms with van der Waals surface area (Å²) in [7, 11) is 0. The van der Waals surface area contributed by atoms with Gasteiger partial charge in [0.25, 0.3) is 5.91 Å². The van der Waals surface area contributed by atoms with Crippen LogP contribution in [0.25, 0.3) is 0 Å². The Labute approximate surface area is 164 Å². The minimum atomic E-state index is -0.466. The maximum absolute atomic E-state index is 13.5. The summed E-state index contributed by atoms with van der Waals surface area (Å²) < 4.78 is 24.5. The van der Waals surface area contributed by atoms with E-state index < -0.39 is 5.41 Å². The van der Waals surface area contributed by atoms with E-state index in [9.17, 15) is 14.0 Å². The number of cyclic esters (lactones) is 1. The normalized spacial score (nSPS) is 25.1. The average Bonchev–Trinajstić information content (AvgIpc) is 2.99. The Kier molecular flexibility index (Phi) is 5.38. The molecule has 3 aliphatic rings. The number of ether oxygens (including phenoxy) is 2. The third kappa shape index (κ3) is 3.78. The number of amides is 1. The van der Waals surface area contributed by atoms with Crippen LogP contribution < -0.4 is 0 Å². The van der Waals surface area contributed by atoms with Crippen molar-refractivity contribution in [2.75, 3.05) is 45.9 Å². The summed E-state index contributed by atoms with van der Waals surface area (Å²) in [5.41, 5.74) is 0.491. The zero-order valence-electron chi connectivity index (χ0n) is 16.3. The van der Waals surface area contributed by atoms with Gasteiger partial charge in [0.2, 0.25) is 0 Å². The molecule has 6 nitrogen and oxygen atoms in total. The molecule has 3 fully saturated rings. The van der Waals surface area contributed by atoms with Gasteiger partial charge >= 0.3 is 5.97 Å². The lowest BCUT2D eigenvalue weighted by atomic mass is 9.76. The van der Waals surface area contributed by atoms with Gasteiger partial charge in [0.15, 0.2) is 0 Å². The minimum Gasteiger partial charge on any atom is -0.461 e. The second-order valence-corrected chi connectivity index (χ2v) is 8.18. The Bertz CT molecular complexity index is 755.